The summed E-state index contributed by atoms with van der Waals surface area (Å²) in [5.74, 6) is 3.07. The number of carbonyl (C=O) groups is 1. The highest BCUT2D eigenvalue weighted by Gasteiger charge is 2.51. The average molecular weight is 310 g/mol. The molecule has 1 aromatic carbocycles. The average Bonchev–Trinajstić information content (AvgIpc) is 2.51. The Bertz CT molecular complexity index is 609. The van der Waals surface area contributed by atoms with E-state index in [2.05, 4.69) is 11.4 Å². The number of nitrogens with one attached hydrogen (secondary N) is 1. The molecule has 4 nitrogen and oxygen atoms in total. The van der Waals surface area contributed by atoms with Crippen molar-refractivity contribution in [2.75, 3.05) is 6.61 Å². The SMILES string of the molecule is N#Cc1ccc(OCC(=O)NC23CC4CC(CC(C4)C2)C3)cc1. The minimum absolute atomic E-state index is 0.0173. The monoisotopic (exact) mass is 310 g/mol. The molecule has 4 bridgehead atoms. The van der Waals surface area contributed by atoms with Crippen molar-refractivity contribution in [2.24, 2.45) is 17.8 Å². The van der Waals surface area contributed by atoms with Crippen molar-refractivity contribution in [3.63, 3.8) is 0 Å². The van der Waals surface area contributed by atoms with E-state index in [0.29, 0.717) is 11.3 Å². The number of benzene rings is 1. The fourth-order valence-electron chi connectivity index (χ4n) is 5.37. The van der Waals surface area contributed by atoms with Crippen LogP contribution in [0.15, 0.2) is 24.3 Å². The zero-order chi connectivity index (χ0) is 15.9. The van der Waals surface area contributed by atoms with Crippen LogP contribution in [0.25, 0.3) is 0 Å². The van der Waals surface area contributed by atoms with Crippen LogP contribution < -0.4 is 10.1 Å². The number of nitrogens with zero attached hydrogens (tertiary/aromatic N) is 1. The van der Waals surface area contributed by atoms with Crippen molar-refractivity contribution in [1.29, 1.82) is 5.26 Å². The molecule has 0 atom stereocenters. The fourth-order valence-corrected chi connectivity index (χ4v) is 5.37. The van der Waals surface area contributed by atoms with Gasteiger partial charge in [0.2, 0.25) is 0 Å². The van der Waals surface area contributed by atoms with Gasteiger partial charge in [-0.2, -0.15) is 5.26 Å². The third-order valence-electron chi connectivity index (χ3n) is 5.80. The standard InChI is InChI=1S/C19H22N2O2/c20-11-13-1-3-17(4-2-13)23-12-18(22)21-19-8-14-5-15(9-19)7-16(6-14)10-19/h1-4,14-16H,5-10,12H2,(H,21,22). The second kappa shape index (κ2) is 5.56. The normalized spacial score (nSPS) is 34.0. The molecule has 0 aliphatic heterocycles. The van der Waals surface area contributed by atoms with E-state index in [1.54, 1.807) is 24.3 Å². The van der Waals surface area contributed by atoms with Crippen molar-refractivity contribution in [3.8, 4) is 11.8 Å². The molecule has 0 unspecified atom stereocenters. The van der Waals surface area contributed by atoms with Gasteiger partial charge in [-0.3, -0.25) is 4.79 Å². The lowest BCUT2D eigenvalue weighted by molar-refractivity contribution is -0.128. The zero-order valence-corrected chi connectivity index (χ0v) is 13.3. The molecule has 4 aliphatic carbocycles. The molecule has 4 fully saturated rings. The van der Waals surface area contributed by atoms with E-state index in [9.17, 15) is 4.79 Å². The van der Waals surface area contributed by atoms with Crippen LogP contribution in [0, 0.1) is 29.1 Å². The maximum atomic E-state index is 12.3. The van der Waals surface area contributed by atoms with Crippen molar-refractivity contribution in [2.45, 2.75) is 44.1 Å². The van der Waals surface area contributed by atoms with Crippen LogP contribution in [-0.2, 0) is 4.79 Å². The molecule has 1 aromatic rings. The highest BCUT2D eigenvalue weighted by molar-refractivity contribution is 5.78. The van der Waals surface area contributed by atoms with Gasteiger partial charge in [0.15, 0.2) is 6.61 Å². The third kappa shape index (κ3) is 2.93. The number of hydrogen-bond donors (Lipinski definition) is 1. The van der Waals surface area contributed by atoms with E-state index in [0.717, 1.165) is 37.0 Å². The van der Waals surface area contributed by atoms with Gasteiger partial charge in [-0.25, -0.2) is 0 Å². The summed E-state index contributed by atoms with van der Waals surface area (Å²) >= 11 is 0. The lowest BCUT2D eigenvalue weighted by Crippen LogP contribution is -2.60. The quantitative estimate of drug-likeness (QED) is 0.930. The second-order valence-corrected chi connectivity index (χ2v) is 7.67. The molecule has 1 N–H and O–H groups in total. The molecule has 4 saturated carbocycles. The topological polar surface area (TPSA) is 62.1 Å². The summed E-state index contributed by atoms with van der Waals surface area (Å²) in [7, 11) is 0. The van der Waals surface area contributed by atoms with E-state index in [1.807, 2.05) is 0 Å². The molecule has 5 rings (SSSR count). The lowest BCUT2D eigenvalue weighted by Gasteiger charge is -2.56. The first-order chi connectivity index (χ1) is 11.1. The van der Waals surface area contributed by atoms with Gasteiger partial charge in [0, 0.05) is 5.54 Å². The number of rotatable bonds is 4. The summed E-state index contributed by atoms with van der Waals surface area (Å²) < 4.78 is 5.56. The fraction of sp³-hybridized carbons (Fsp3) is 0.579. The summed E-state index contributed by atoms with van der Waals surface area (Å²) in [5.41, 5.74) is 0.634. The predicted molar refractivity (Wildman–Crippen MR) is 85.7 cm³/mol. The van der Waals surface area contributed by atoms with E-state index in [1.165, 1.54) is 19.3 Å². The van der Waals surface area contributed by atoms with Crippen LogP contribution in [0.5, 0.6) is 5.75 Å². The molecule has 0 spiro atoms. The summed E-state index contributed by atoms with van der Waals surface area (Å²) in [6.45, 7) is 0.0493. The number of ether oxygens (including phenoxy) is 1. The molecule has 120 valence electrons. The van der Waals surface area contributed by atoms with E-state index >= 15 is 0 Å². The minimum Gasteiger partial charge on any atom is -0.484 e. The van der Waals surface area contributed by atoms with Gasteiger partial charge in [0.25, 0.3) is 5.91 Å². The maximum Gasteiger partial charge on any atom is 0.258 e. The van der Waals surface area contributed by atoms with Gasteiger partial charge in [-0.1, -0.05) is 0 Å². The Balaban J connectivity index is 1.34. The molecule has 4 heteroatoms. The first-order valence-corrected chi connectivity index (χ1v) is 8.58. The molecule has 23 heavy (non-hydrogen) atoms. The maximum absolute atomic E-state index is 12.3. The summed E-state index contributed by atoms with van der Waals surface area (Å²) in [6, 6.07) is 8.94. The number of amides is 1. The molecule has 0 saturated heterocycles. The van der Waals surface area contributed by atoms with Crippen molar-refractivity contribution in [1.82, 2.24) is 5.32 Å². The first kappa shape index (κ1) is 14.6. The number of nitriles is 1. The van der Waals surface area contributed by atoms with E-state index < -0.39 is 0 Å². The van der Waals surface area contributed by atoms with Gasteiger partial charge in [0.1, 0.15) is 5.75 Å². The minimum atomic E-state index is -0.0173. The second-order valence-electron chi connectivity index (χ2n) is 7.67. The van der Waals surface area contributed by atoms with Gasteiger partial charge < -0.3 is 10.1 Å². The third-order valence-corrected chi connectivity index (χ3v) is 5.80. The molecule has 0 aromatic heterocycles. The summed E-state index contributed by atoms with van der Waals surface area (Å²) in [5, 5.41) is 12.1. The number of hydrogen-bond acceptors (Lipinski definition) is 3. The van der Waals surface area contributed by atoms with Crippen LogP contribution in [0.3, 0.4) is 0 Å². The van der Waals surface area contributed by atoms with E-state index in [-0.39, 0.29) is 18.1 Å². The molecule has 1 amide bonds. The Hall–Kier alpha value is -2.02. The highest BCUT2D eigenvalue weighted by Crippen LogP contribution is 2.55. The van der Waals surface area contributed by atoms with Crippen molar-refractivity contribution in [3.05, 3.63) is 29.8 Å². The van der Waals surface area contributed by atoms with Crippen LogP contribution in [0.2, 0.25) is 0 Å². The van der Waals surface area contributed by atoms with Crippen LogP contribution in [0.4, 0.5) is 0 Å². The largest absolute Gasteiger partial charge is 0.484 e. The molecular weight excluding hydrogens is 288 g/mol. The summed E-state index contributed by atoms with van der Waals surface area (Å²) in [4.78, 5) is 12.3. The molecule has 0 heterocycles. The van der Waals surface area contributed by atoms with E-state index in [4.69, 9.17) is 10.00 Å². The zero-order valence-electron chi connectivity index (χ0n) is 13.3. The Morgan fingerprint density at radius 3 is 2.22 bits per heavy atom. The summed E-state index contributed by atoms with van der Waals surface area (Å²) in [6.07, 6.45) is 7.58. The van der Waals surface area contributed by atoms with Gasteiger partial charge in [0.05, 0.1) is 11.6 Å². The van der Waals surface area contributed by atoms with Crippen LogP contribution >= 0.6 is 0 Å². The Morgan fingerprint density at radius 1 is 1.13 bits per heavy atom. The Labute approximate surface area is 136 Å². The van der Waals surface area contributed by atoms with Gasteiger partial charge >= 0.3 is 0 Å². The molecular formula is C19H22N2O2. The molecule has 0 radical (unpaired) electrons. The molecule has 4 aliphatic rings. The first-order valence-electron chi connectivity index (χ1n) is 8.58. The lowest BCUT2D eigenvalue weighted by atomic mass is 9.53. The van der Waals surface area contributed by atoms with Crippen molar-refractivity contribution >= 4 is 5.91 Å². The Kier molecular flexibility index (Phi) is 3.52. The predicted octanol–water partition coefficient (Wildman–Crippen LogP) is 3.02. The van der Waals surface area contributed by atoms with Crippen LogP contribution in [0.1, 0.15) is 44.1 Å². The van der Waals surface area contributed by atoms with Crippen LogP contribution in [-0.4, -0.2) is 18.1 Å². The van der Waals surface area contributed by atoms with Gasteiger partial charge in [-0.05, 0) is 80.5 Å². The number of carbonyl (C=O) groups excluding carboxylic acids is 1. The highest BCUT2D eigenvalue weighted by atomic mass is 16.5. The van der Waals surface area contributed by atoms with Crippen molar-refractivity contribution < 1.29 is 9.53 Å². The smallest absolute Gasteiger partial charge is 0.258 e. The van der Waals surface area contributed by atoms with Gasteiger partial charge in [-0.15, -0.1) is 0 Å². The Morgan fingerprint density at radius 2 is 1.70 bits per heavy atom.